The summed E-state index contributed by atoms with van der Waals surface area (Å²) in [7, 11) is -5.01. The van der Waals surface area contributed by atoms with Gasteiger partial charge in [-0.05, 0) is 0 Å². The molecule has 0 radical (unpaired) electrons. The van der Waals surface area contributed by atoms with Crippen LogP contribution in [-0.2, 0) is 32.7 Å². The molecule has 14 heteroatoms. The van der Waals surface area contributed by atoms with Crippen molar-refractivity contribution >= 4 is 19.8 Å². The maximum atomic E-state index is 12.0. The summed E-state index contributed by atoms with van der Waals surface area (Å²) in [6.07, 6.45) is -13.1. The van der Waals surface area contributed by atoms with Gasteiger partial charge in [-0.15, -0.1) is 0 Å². The molecule has 1 fully saturated rings. The molecular formula is C13H23O13P. The van der Waals surface area contributed by atoms with E-state index in [0.29, 0.717) is 0 Å². The molecule has 3 unspecified atom stereocenters. The number of rotatable bonds is 8. The van der Waals surface area contributed by atoms with E-state index in [9.17, 15) is 44.6 Å². The first kappa shape index (κ1) is 23.9. The van der Waals surface area contributed by atoms with Crippen molar-refractivity contribution in [3.8, 4) is 0 Å². The molecular weight excluding hydrogens is 395 g/mol. The van der Waals surface area contributed by atoms with Gasteiger partial charge in [0, 0.05) is 13.8 Å². The van der Waals surface area contributed by atoms with Gasteiger partial charge in [-0.2, -0.15) is 0 Å². The van der Waals surface area contributed by atoms with E-state index < -0.39 is 75.7 Å². The second-order valence-electron chi connectivity index (χ2n) is 5.82. The van der Waals surface area contributed by atoms with Crippen molar-refractivity contribution in [1.29, 1.82) is 0 Å². The summed E-state index contributed by atoms with van der Waals surface area (Å²) in [4.78, 5) is 31.5. The molecule has 158 valence electrons. The molecule has 1 saturated carbocycles. The number of esters is 2. The Hall–Kier alpha value is -1.15. The van der Waals surface area contributed by atoms with Gasteiger partial charge in [0.2, 0.25) is 0 Å². The van der Waals surface area contributed by atoms with E-state index in [-0.39, 0.29) is 0 Å². The van der Waals surface area contributed by atoms with Crippen LogP contribution in [0.2, 0.25) is 0 Å². The topological polar surface area (TPSA) is 210 Å². The third kappa shape index (κ3) is 7.07. The number of hydrogen-bond acceptors (Lipinski definition) is 12. The van der Waals surface area contributed by atoms with Crippen LogP contribution < -0.4 is 0 Å². The predicted molar refractivity (Wildman–Crippen MR) is 82.9 cm³/mol. The van der Waals surface area contributed by atoms with Gasteiger partial charge in [-0.25, -0.2) is 4.57 Å². The highest BCUT2D eigenvalue weighted by Gasteiger charge is 2.51. The monoisotopic (exact) mass is 418 g/mol. The van der Waals surface area contributed by atoms with Crippen molar-refractivity contribution < 1.29 is 63.1 Å². The molecule has 0 aliphatic heterocycles. The van der Waals surface area contributed by atoms with Gasteiger partial charge in [-0.3, -0.25) is 18.6 Å². The fraction of sp³-hybridized carbons (Fsp3) is 0.846. The van der Waals surface area contributed by atoms with E-state index in [1.54, 1.807) is 0 Å². The van der Waals surface area contributed by atoms with Gasteiger partial charge in [0.15, 0.2) is 6.10 Å². The predicted octanol–water partition coefficient (Wildman–Crippen LogP) is -3.20. The van der Waals surface area contributed by atoms with Crippen LogP contribution in [0.4, 0.5) is 0 Å². The van der Waals surface area contributed by atoms with Gasteiger partial charge in [-0.1, -0.05) is 0 Å². The van der Waals surface area contributed by atoms with Crippen molar-refractivity contribution in [2.45, 2.75) is 56.6 Å². The number of hydrogen-bond donors (Lipinski definition) is 6. The van der Waals surface area contributed by atoms with Gasteiger partial charge in [0.1, 0.15) is 43.2 Å². The average molecular weight is 418 g/mol. The lowest BCUT2D eigenvalue weighted by atomic mass is 9.85. The maximum Gasteiger partial charge on any atom is 0.472 e. The molecule has 13 nitrogen and oxygen atoms in total. The molecule has 0 spiro atoms. The number of aliphatic hydroxyl groups is 5. The Morgan fingerprint density at radius 3 is 1.81 bits per heavy atom. The first-order chi connectivity index (χ1) is 12.4. The minimum atomic E-state index is -5.01. The number of carbonyl (C=O) groups excluding carboxylic acids is 2. The van der Waals surface area contributed by atoms with E-state index in [4.69, 9.17) is 4.74 Å². The molecule has 0 aromatic carbocycles. The fourth-order valence-corrected chi connectivity index (χ4v) is 3.22. The van der Waals surface area contributed by atoms with E-state index in [1.807, 2.05) is 0 Å². The molecule has 0 aromatic heterocycles. The van der Waals surface area contributed by atoms with Crippen LogP contribution in [0.3, 0.4) is 0 Å². The lowest BCUT2D eigenvalue weighted by Crippen LogP contribution is -2.64. The third-order valence-corrected chi connectivity index (χ3v) is 4.54. The molecule has 0 saturated heterocycles. The minimum Gasteiger partial charge on any atom is -0.462 e. The van der Waals surface area contributed by atoms with E-state index >= 15 is 0 Å². The van der Waals surface area contributed by atoms with Gasteiger partial charge >= 0.3 is 19.8 Å². The summed E-state index contributed by atoms with van der Waals surface area (Å²) < 4.78 is 30.5. The van der Waals surface area contributed by atoms with Crippen molar-refractivity contribution in [3.63, 3.8) is 0 Å². The lowest BCUT2D eigenvalue weighted by molar-refractivity contribution is -0.220. The Labute approximate surface area is 153 Å². The minimum absolute atomic E-state index is 0.479. The van der Waals surface area contributed by atoms with Crippen LogP contribution in [-0.4, -0.2) is 98.3 Å². The third-order valence-electron chi connectivity index (χ3n) is 3.56. The second-order valence-corrected chi connectivity index (χ2v) is 7.23. The molecule has 6 N–H and O–H groups in total. The first-order valence-electron chi connectivity index (χ1n) is 7.72. The van der Waals surface area contributed by atoms with Crippen LogP contribution in [0.5, 0.6) is 0 Å². The summed E-state index contributed by atoms with van der Waals surface area (Å²) >= 11 is 0. The molecule has 0 bridgehead atoms. The van der Waals surface area contributed by atoms with E-state index in [0.717, 1.165) is 13.8 Å². The zero-order chi connectivity index (χ0) is 20.9. The molecule has 0 heterocycles. The smallest absolute Gasteiger partial charge is 0.462 e. The SMILES string of the molecule is CC(=O)OC[C@H](COP(=O)(O)OC1[C@H](O)[C@H](O)C(O)[C@H](O)[C@H]1O)OC(C)=O. The van der Waals surface area contributed by atoms with Crippen LogP contribution in [0.15, 0.2) is 0 Å². The van der Waals surface area contributed by atoms with Crippen LogP contribution in [0.25, 0.3) is 0 Å². The number of carbonyl (C=O) groups is 2. The second kappa shape index (κ2) is 9.87. The van der Waals surface area contributed by atoms with Crippen molar-refractivity contribution in [2.24, 2.45) is 0 Å². The molecule has 0 amide bonds. The highest BCUT2D eigenvalue weighted by atomic mass is 31.2. The van der Waals surface area contributed by atoms with Crippen LogP contribution >= 0.6 is 7.82 Å². The highest BCUT2D eigenvalue weighted by Crippen LogP contribution is 2.47. The summed E-state index contributed by atoms with van der Waals surface area (Å²) in [6, 6.07) is 0. The fourth-order valence-electron chi connectivity index (χ4n) is 2.24. The molecule has 1 aliphatic rings. The Balaban J connectivity index is 2.73. The number of phosphoric acid groups is 1. The van der Waals surface area contributed by atoms with E-state index in [2.05, 4.69) is 13.8 Å². The van der Waals surface area contributed by atoms with Crippen LogP contribution in [0.1, 0.15) is 13.8 Å². The molecule has 1 rings (SSSR count). The van der Waals surface area contributed by atoms with Crippen LogP contribution in [0, 0.1) is 0 Å². The summed E-state index contributed by atoms with van der Waals surface area (Å²) in [5.74, 6) is -1.49. The van der Waals surface area contributed by atoms with Crippen molar-refractivity contribution in [3.05, 3.63) is 0 Å². The summed E-state index contributed by atoms with van der Waals surface area (Å²) in [5.41, 5.74) is 0. The zero-order valence-electron chi connectivity index (χ0n) is 14.4. The van der Waals surface area contributed by atoms with Gasteiger partial charge < -0.3 is 39.9 Å². The lowest BCUT2D eigenvalue weighted by Gasteiger charge is -2.41. The normalized spacial score (nSPS) is 34.4. The van der Waals surface area contributed by atoms with Crippen molar-refractivity contribution in [1.82, 2.24) is 0 Å². The number of phosphoric ester groups is 1. The zero-order valence-corrected chi connectivity index (χ0v) is 15.3. The Bertz CT molecular complexity index is 552. The Morgan fingerprint density at radius 1 is 0.889 bits per heavy atom. The summed E-state index contributed by atoms with van der Waals surface area (Å²) in [5, 5.41) is 48.1. The number of ether oxygens (including phenoxy) is 2. The Kier molecular flexibility index (Phi) is 8.73. The quantitative estimate of drug-likeness (QED) is 0.170. The number of aliphatic hydroxyl groups excluding tert-OH is 5. The molecule has 0 aromatic rings. The standard InChI is InChI=1S/C13H23O13P/c1-5(14)23-3-7(25-6(2)15)4-24-27(21,22)26-13-11(19)9(17)8(16)10(18)12(13)20/h7-13,16-20H,3-4H2,1-2H3,(H,21,22)/t7-,8?,9-,10+,11-,12-,13?/m1/s1. The molecule has 8 atom stereocenters. The van der Waals surface area contributed by atoms with E-state index in [1.165, 1.54) is 0 Å². The summed E-state index contributed by atoms with van der Waals surface area (Å²) in [6.45, 7) is 0.891. The largest absolute Gasteiger partial charge is 0.472 e. The maximum absolute atomic E-state index is 12.0. The average Bonchev–Trinajstić information content (AvgIpc) is 2.57. The van der Waals surface area contributed by atoms with Gasteiger partial charge in [0.25, 0.3) is 0 Å². The molecule has 1 aliphatic carbocycles. The first-order valence-corrected chi connectivity index (χ1v) is 9.22. The van der Waals surface area contributed by atoms with Gasteiger partial charge in [0.05, 0.1) is 6.61 Å². The van der Waals surface area contributed by atoms with Crippen molar-refractivity contribution in [2.75, 3.05) is 13.2 Å². The molecule has 27 heavy (non-hydrogen) atoms. The Morgan fingerprint density at radius 2 is 1.37 bits per heavy atom. The highest BCUT2D eigenvalue weighted by molar-refractivity contribution is 7.47.